The van der Waals surface area contributed by atoms with Crippen LogP contribution < -0.4 is 100.0 Å². The number of fused-ring (bicyclic) bond motifs is 2. The number of carbonyl (C=O) groups excluding carboxylic acids is 2. The Morgan fingerprint density at radius 3 is 1.58 bits per heavy atom. The summed E-state index contributed by atoms with van der Waals surface area (Å²) in [4.78, 5) is 47.2. The summed E-state index contributed by atoms with van der Waals surface area (Å²) in [7, 11) is 12.6. The molecule has 0 saturated heterocycles. The van der Waals surface area contributed by atoms with Gasteiger partial charge in [-0.2, -0.15) is 4.99 Å². The molecule has 13 aromatic rings. The Morgan fingerprint density at radius 2 is 1.03 bits per heavy atom. The zero-order valence-corrected chi connectivity index (χ0v) is 70.8. The summed E-state index contributed by atoms with van der Waals surface area (Å²) in [5.41, 5.74) is 12.2. The van der Waals surface area contributed by atoms with Crippen molar-refractivity contribution in [2.24, 2.45) is 10.8 Å². The average Bonchev–Trinajstić information content (AvgIpc) is 1.61. The third-order valence-corrected chi connectivity index (χ3v) is 19.0. The number of halogens is 5. The molecule has 1 atom stereocenters. The minimum Gasteiger partial charge on any atom is -1.00 e. The van der Waals surface area contributed by atoms with Gasteiger partial charge in [-0.25, -0.2) is 25.0 Å². The number of Topliss-reactive ketones (excluding diaryl/α,β-unsaturated/α-hetero) is 1. The molecule has 5 aromatic heterocycles. The third-order valence-electron chi connectivity index (χ3n) is 16.4. The van der Waals surface area contributed by atoms with Gasteiger partial charge < -0.3 is 66.0 Å². The molecule has 28 nitrogen and oxygen atoms in total. The van der Waals surface area contributed by atoms with Gasteiger partial charge in [-0.3, -0.25) is 28.7 Å². The van der Waals surface area contributed by atoms with Crippen molar-refractivity contribution in [3.63, 3.8) is 0 Å². The number of hydrogen-bond donors (Lipinski definition) is 6. The Morgan fingerprint density at radius 1 is 0.558 bits per heavy atom. The zero-order valence-electron chi connectivity index (χ0n) is 63.5. The van der Waals surface area contributed by atoms with E-state index in [0.29, 0.717) is 97.6 Å². The molecule has 7 N–H and O–H groups in total. The van der Waals surface area contributed by atoms with Gasteiger partial charge in [0.05, 0.1) is 147 Å². The van der Waals surface area contributed by atoms with Gasteiger partial charge in [0.2, 0.25) is 18.0 Å². The SMILES string of the molecule is COc1cc(Br)c(CC(=O)CNc2cncc(-c3ccccc3)n2)cc1OC.COc1cc(Br)c(N=C=O)cc1OC.COc1cc(Br)c(Nc2nnc3cncc(-c4ccccc4)n23)cc1OC.COc1cc(Br)c(Nc2nnc3n2C(c2ccccc2)CNC3)cc1OC.NNc1cncc(-c2ccc(F)cc2)n1.[B].[H-].[Na+]. The van der Waals surface area contributed by atoms with Gasteiger partial charge in [-0.15, -0.1) is 20.4 Å². The third kappa shape index (κ3) is 23.1. The number of anilines is 6. The molecule has 575 valence electrons. The largest absolute Gasteiger partial charge is 1.00 e. The number of isocyanates is 1. The van der Waals surface area contributed by atoms with Gasteiger partial charge in [-0.05, 0) is 95.3 Å². The summed E-state index contributed by atoms with van der Waals surface area (Å²) in [5, 5.41) is 30.4. The molecule has 1 unspecified atom stereocenters. The van der Waals surface area contributed by atoms with Crippen molar-refractivity contribution in [1.29, 1.82) is 0 Å². The second-order valence-electron chi connectivity index (χ2n) is 23.2. The molecule has 0 fully saturated rings. The first-order valence-electron chi connectivity index (χ1n) is 33.4. The molecule has 0 amide bonds. The van der Waals surface area contributed by atoms with E-state index in [9.17, 15) is 14.0 Å². The number of methoxy groups -OCH3 is 8. The summed E-state index contributed by atoms with van der Waals surface area (Å²) < 4.78 is 62.0. The Bertz CT molecular complexity index is 5360. The number of hydrogen-bond acceptors (Lipinski definition) is 26. The number of carbonyl (C=O) groups is 1. The monoisotopic (exact) mass is 1790 g/mol. The first-order valence-corrected chi connectivity index (χ1v) is 36.6. The van der Waals surface area contributed by atoms with E-state index in [0.717, 1.165) is 70.8 Å². The van der Waals surface area contributed by atoms with Crippen LogP contribution in [0, 0.1) is 5.82 Å². The van der Waals surface area contributed by atoms with Crippen LogP contribution >= 0.6 is 63.7 Å². The maximum absolute atomic E-state index is 12.7. The number of benzene rings is 8. The summed E-state index contributed by atoms with van der Waals surface area (Å²) in [6.07, 6.45) is 11.6. The standard InChI is InChI=1S/C21H20BrN3O3.C19H20BrN5O2.C19H16BrN5O2.C10H9FN4.C9H8BrNO3.B.Na.H/c1-27-19-9-15(17(22)10-20(19)28-2)8-16(26)11-24-21-13-23-12-18(25-21)14-6-4-3-5-7-14;2*1-26-16-8-13(20)14(9-17(16)27-2)22-19-24-23-18-11-21-10-15(25(18)19)12-6-4-3-5-7-12;11-8-3-1-7(2-4-8)9-5-13-6-10(14-9)15-12;1-13-8-3-6(10)7(11-5-12)4-9(8)14-2;;;/h3-7,9-10,12-13H,8,11H2,1-2H3,(H,24,25);3-9,15,21H,10-11H2,1-2H3,(H,22,24);3-11H,1-2H3,(H,22,24);1-6H,12H2,(H,14,15);3-4H,1-2H3;;;/q;;;;;;+1;-1. The fourth-order valence-corrected chi connectivity index (χ4v) is 12.7. The van der Waals surface area contributed by atoms with E-state index in [4.69, 9.17) is 43.7 Å². The molecule has 0 aliphatic carbocycles. The first-order chi connectivity index (χ1) is 54.0. The van der Waals surface area contributed by atoms with E-state index in [1.807, 2.05) is 108 Å². The molecule has 0 spiro atoms. The summed E-state index contributed by atoms with van der Waals surface area (Å²) >= 11 is 13.9. The maximum atomic E-state index is 12.7. The van der Waals surface area contributed by atoms with Crippen molar-refractivity contribution in [2.45, 2.75) is 19.0 Å². The summed E-state index contributed by atoms with van der Waals surface area (Å²) in [6.45, 7) is 1.65. The second-order valence-corrected chi connectivity index (χ2v) is 26.6. The maximum Gasteiger partial charge on any atom is 1.00 e. The summed E-state index contributed by atoms with van der Waals surface area (Å²) in [5.74, 6) is 13.0. The van der Waals surface area contributed by atoms with Gasteiger partial charge in [0, 0.05) is 92.4 Å². The van der Waals surface area contributed by atoms with Crippen molar-refractivity contribution in [3.05, 3.63) is 242 Å². The van der Waals surface area contributed by atoms with E-state index in [2.05, 4.69) is 157 Å². The van der Waals surface area contributed by atoms with Crippen molar-refractivity contribution in [3.8, 4) is 79.8 Å². The van der Waals surface area contributed by atoms with Gasteiger partial charge in [0.1, 0.15) is 17.5 Å². The molecular weight excluding hydrogens is 1720 g/mol. The van der Waals surface area contributed by atoms with Crippen LogP contribution in [0.3, 0.4) is 0 Å². The molecule has 3 radical (unpaired) electrons. The van der Waals surface area contributed by atoms with Crippen LogP contribution in [0.4, 0.5) is 45.0 Å². The number of nitrogens with zero attached hydrogens (tertiary/aromatic N) is 12. The van der Waals surface area contributed by atoms with Crippen molar-refractivity contribution in [1.82, 2.24) is 59.6 Å². The van der Waals surface area contributed by atoms with Crippen LogP contribution in [-0.4, -0.2) is 145 Å². The number of nitrogen functional groups attached to an aromatic ring is 1. The van der Waals surface area contributed by atoms with Gasteiger partial charge in [0.25, 0.3) is 0 Å². The van der Waals surface area contributed by atoms with Gasteiger partial charge >= 0.3 is 29.6 Å². The fourth-order valence-electron chi connectivity index (χ4n) is 11.0. The number of aliphatic imine (C=N–C) groups is 1. The van der Waals surface area contributed by atoms with Crippen molar-refractivity contribution >= 4 is 130 Å². The number of ketones is 1. The second kappa shape index (κ2) is 43.8. The van der Waals surface area contributed by atoms with E-state index >= 15 is 0 Å². The minimum atomic E-state index is -0.278. The number of rotatable bonds is 23. The number of aromatic nitrogens is 11. The average molecular weight is 1800 g/mol. The van der Waals surface area contributed by atoms with Crippen LogP contribution in [0.15, 0.2) is 224 Å². The first kappa shape index (κ1) is 87.7. The summed E-state index contributed by atoms with van der Waals surface area (Å²) in [6, 6.07) is 50.5. The van der Waals surface area contributed by atoms with Crippen LogP contribution in [0.25, 0.3) is 39.4 Å². The quantitative estimate of drug-likeness (QED) is 0.0114. The van der Waals surface area contributed by atoms with Gasteiger partial charge in [0.15, 0.2) is 63.2 Å². The number of hydrazine groups is 1. The Kier molecular flexibility index (Phi) is 34.0. The molecule has 1 aliphatic heterocycles. The van der Waals surface area contributed by atoms with Crippen LogP contribution in [-0.2, 0) is 22.6 Å². The number of nitrogens with two attached hydrogens (primary N) is 1. The van der Waals surface area contributed by atoms with Crippen molar-refractivity contribution in [2.75, 3.05) is 91.3 Å². The number of ether oxygens (including phenoxy) is 8. The van der Waals surface area contributed by atoms with E-state index in [1.54, 1.807) is 110 Å². The van der Waals surface area contributed by atoms with Gasteiger partial charge in [-0.1, -0.05) is 107 Å². The molecule has 1 aliphatic rings. The Labute approximate surface area is 709 Å². The molecule has 6 heterocycles. The number of nitrogens with one attached hydrogen (secondary N) is 5. The molecule has 35 heteroatoms. The Balaban J connectivity index is 0.000000201. The van der Waals surface area contributed by atoms with E-state index in [-0.39, 0.29) is 70.0 Å². The van der Waals surface area contributed by atoms with Crippen LogP contribution in [0.2, 0.25) is 0 Å². The minimum absolute atomic E-state index is 0. The molecule has 113 heavy (non-hydrogen) atoms. The normalized spacial score (nSPS) is 11.4. The molecule has 14 rings (SSSR count). The predicted octanol–water partition coefficient (Wildman–Crippen LogP) is 12.7. The fraction of sp³-hybridized carbons (Fsp3) is 0.167. The Hall–Kier alpha value is -10.9. The zero-order chi connectivity index (χ0) is 78.8. The van der Waals surface area contributed by atoms with Crippen molar-refractivity contribution < 1.29 is 82.9 Å². The topological polar surface area (TPSA) is 332 Å². The van der Waals surface area contributed by atoms with E-state index < -0.39 is 0 Å². The van der Waals surface area contributed by atoms with Crippen LogP contribution in [0.1, 0.15) is 24.4 Å². The molecular formula is C78H74BBr4FN18NaO10. The van der Waals surface area contributed by atoms with E-state index in [1.165, 1.54) is 44.2 Å². The molecule has 0 bridgehead atoms. The predicted molar refractivity (Wildman–Crippen MR) is 443 cm³/mol. The van der Waals surface area contributed by atoms with Crippen LogP contribution in [0.5, 0.6) is 46.0 Å². The molecule has 0 saturated carbocycles. The smallest absolute Gasteiger partial charge is 1.00 e. The molecule has 8 aromatic carbocycles.